The number of ether oxygens (including phenoxy) is 2. The number of nitrogens with zero attached hydrogens (tertiary/aromatic N) is 4. The Morgan fingerprint density at radius 2 is 1.89 bits per heavy atom. The molecule has 0 fully saturated rings. The number of halogens is 2. The molecule has 0 spiro atoms. The van der Waals surface area contributed by atoms with Crippen molar-refractivity contribution < 1.29 is 22.3 Å². The minimum atomic E-state index is -2.44. The van der Waals surface area contributed by atoms with Gasteiger partial charge in [-0.05, 0) is 54.1 Å². The number of methoxy groups -OCH3 is 1. The Morgan fingerprint density at radius 3 is 2.66 bits per heavy atom. The van der Waals surface area contributed by atoms with Gasteiger partial charge in [0.15, 0.2) is 0 Å². The summed E-state index contributed by atoms with van der Waals surface area (Å²) < 4.78 is 48.7. The number of anilines is 2. The maximum Gasteiger partial charge on any atom is 0.228 e. The molecule has 3 heterocycles. The maximum atomic E-state index is 13.5. The fourth-order valence-corrected chi connectivity index (χ4v) is 6.14. The third-order valence-corrected chi connectivity index (χ3v) is 8.80. The number of benzene rings is 3. The van der Waals surface area contributed by atoms with Gasteiger partial charge in [-0.1, -0.05) is 29.8 Å². The van der Waals surface area contributed by atoms with Crippen LogP contribution < -0.4 is 20.1 Å². The highest BCUT2D eigenvalue weighted by atomic mass is 35.5. The Morgan fingerprint density at radius 1 is 1.00 bits per heavy atom. The molecular formula is C33H26ClFN6O4S2. The number of hydrogen-bond donors (Lipinski definition) is 2. The van der Waals surface area contributed by atoms with E-state index in [-0.39, 0.29) is 30.4 Å². The lowest BCUT2D eigenvalue weighted by molar-refractivity contribution is 0.306. The minimum Gasteiger partial charge on any atom is -0.496 e. The molecule has 6 aromatic rings. The molecule has 0 unspecified atom stereocenters. The Hall–Kier alpha value is -4.95. The molecule has 14 heteroatoms. The van der Waals surface area contributed by atoms with E-state index in [2.05, 4.69) is 25.6 Å². The van der Waals surface area contributed by atoms with Gasteiger partial charge in [0.25, 0.3) is 0 Å². The number of pyridine rings is 1. The summed E-state index contributed by atoms with van der Waals surface area (Å²) in [6.45, 7) is 0.387. The van der Waals surface area contributed by atoms with Gasteiger partial charge in [-0.25, -0.2) is 19.3 Å². The van der Waals surface area contributed by atoms with E-state index >= 15 is 0 Å². The van der Waals surface area contributed by atoms with E-state index in [1.54, 1.807) is 55.8 Å². The van der Waals surface area contributed by atoms with Crippen molar-refractivity contribution in [3.8, 4) is 22.8 Å². The zero-order valence-corrected chi connectivity index (χ0v) is 27.2. The van der Waals surface area contributed by atoms with E-state index in [4.69, 9.17) is 26.1 Å². The number of rotatable bonds is 11. The normalized spacial score (nSPS) is 11.0. The summed E-state index contributed by atoms with van der Waals surface area (Å²) in [5.41, 5.74) is 4.00. The summed E-state index contributed by atoms with van der Waals surface area (Å²) >= 11 is 7.91. The quantitative estimate of drug-likeness (QED) is 0.144. The van der Waals surface area contributed by atoms with Gasteiger partial charge in [-0.2, -0.15) is 8.42 Å². The van der Waals surface area contributed by atoms with Crippen molar-refractivity contribution in [2.75, 3.05) is 12.4 Å². The smallest absolute Gasteiger partial charge is 0.228 e. The lowest BCUT2D eigenvalue weighted by Gasteiger charge is -2.13. The number of aromatic nitrogens is 4. The average Bonchev–Trinajstić information content (AvgIpc) is 3.55. The van der Waals surface area contributed by atoms with Crippen molar-refractivity contribution >= 4 is 60.6 Å². The summed E-state index contributed by atoms with van der Waals surface area (Å²) in [7, 11) is -0.865. The Kier molecular flexibility index (Phi) is 9.97. The lowest BCUT2D eigenvalue weighted by atomic mass is 10.1. The SMILES string of the molecule is COc1cc2ncnc(Nc3ccc(OCc4cccc(F)c4)c(Cl)c3)c2cc1-c1csc(CNC(Cc2ccccn2)=S(=O)=O)n1. The second kappa shape index (κ2) is 14.6. The van der Waals surface area contributed by atoms with E-state index < -0.39 is 10.3 Å². The first-order chi connectivity index (χ1) is 22.9. The van der Waals surface area contributed by atoms with E-state index in [1.807, 2.05) is 23.6 Å². The fourth-order valence-electron chi connectivity index (χ4n) is 4.71. The summed E-state index contributed by atoms with van der Waals surface area (Å²) in [6, 6.07) is 20.5. The second-order valence-corrected chi connectivity index (χ2v) is 12.4. The predicted molar refractivity (Wildman–Crippen MR) is 181 cm³/mol. The van der Waals surface area contributed by atoms with Crippen molar-refractivity contribution in [1.82, 2.24) is 25.3 Å². The molecule has 3 aromatic carbocycles. The Balaban J connectivity index is 1.21. The van der Waals surface area contributed by atoms with E-state index in [0.29, 0.717) is 66.5 Å². The van der Waals surface area contributed by atoms with Crippen molar-refractivity contribution in [2.45, 2.75) is 19.6 Å². The van der Waals surface area contributed by atoms with Gasteiger partial charge in [0.05, 0.1) is 29.9 Å². The fraction of sp³-hybridized carbons (Fsp3) is 0.121. The summed E-state index contributed by atoms with van der Waals surface area (Å²) in [4.78, 5) is 18.0. The first-order valence-corrected chi connectivity index (χ1v) is 16.5. The molecule has 0 amide bonds. The first kappa shape index (κ1) is 32.0. The number of thiazole rings is 1. The third kappa shape index (κ3) is 7.89. The van der Waals surface area contributed by atoms with Gasteiger partial charge >= 0.3 is 0 Å². The molecule has 0 saturated heterocycles. The lowest BCUT2D eigenvalue weighted by Crippen LogP contribution is -2.26. The van der Waals surface area contributed by atoms with Crippen LogP contribution in [-0.2, 0) is 29.9 Å². The van der Waals surface area contributed by atoms with Crippen LogP contribution in [0.2, 0.25) is 5.02 Å². The van der Waals surface area contributed by atoms with Crippen LogP contribution in [0.5, 0.6) is 11.5 Å². The van der Waals surface area contributed by atoms with Crippen molar-refractivity contribution in [1.29, 1.82) is 0 Å². The first-order valence-electron chi connectivity index (χ1n) is 14.2. The molecule has 10 nitrogen and oxygen atoms in total. The summed E-state index contributed by atoms with van der Waals surface area (Å²) in [5.74, 6) is 1.23. The molecule has 0 aliphatic heterocycles. The molecule has 238 valence electrons. The predicted octanol–water partition coefficient (Wildman–Crippen LogP) is 6.61. The van der Waals surface area contributed by atoms with Crippen LogP contribution in [-0.4, -0.2) is 40.5 Å². The average molecular weight is 689 g/mol. The van der Waals surface area contributed by atoms with Crippen LogP contribution in [0, 0.1) is 5.82 Å². The van der Waals surface area contributed by atoms with Crippen LogP contribution in [0.15, 0.2) is 90.7 Å². The van der Waals surface area contributed by atoms with Crippen molar-refractivity contribution in [3.63, 3.8) is 0 Å². The van der Waals surface area contributed by atoms with Crippen LogP contribution in [0.4, 0.5) is 15.9 Å². The van der Waals surface area contributed by atoms with Crippen molar-refractivity contribution in [3.05, 3.63) is 118 Å². The highest BCUT2D eigenvalue weighted by Gasteiger charge is 2.16. The molecule has 6 rings (SSSR count). The zero-order chi connectivity index (χ0) is 32.8. The van der Waals surface area contributed by atoms with Gasteiger partial charge in [0.1, 0.15) is 46.1 Å². The van der Waals surface area contributed by atoms with Gasteiger partial charge < -0.3 is 14.8 Å². The Labute approximate surface area is 279 Å². The van der Waals surface area contributed by atoms with Gasteiger partial charge in [0.2, 0.25) is 10.3 Å². The topological polar surface area (TPSA) is 128 Å². The van der Waals surface area contributed by atoms with Crippen LogP contribution in [0.1, 0.15) is 16.3 Å². The summed E-state index contributed by atoms with van der Waals surface area (Å²) in [5, 5.41) is 9.94. The van der Waals surface area contributed by atoms with Crippen molar-refractivity contribution in [2.24, 2.45) is 0 Å². The number of nitrogens with one attached hydrogen (secondary N) is 2. The molecule has 0 saturated carbocycles. The molecule has 0 aliphatic carbocycles. The molecule has 3 aromatic heterocycles. The second-order valence-electron chi connectivity index (χ2n) is 10.1. The van der Waals surface area contributed by atoms with E-state index in [0.717, 1.165) is 0 Å². The van der Waals surface area contributed by atoms with Crippen LogP contribution in [0.25, 0.3) is 22.2 Å². The maximum absolute atomic E-state index is 13.5. The van der Waals surface area contributed by atoms with Gasteiger partial charge in [0, 0.05) is 46.4 Å². The van der Waals surface area contributed by atoms with Gasteiger partial charge in [-0.15, -0.1) is 11.3 Å². The molecule has 2 N–H and O–H groups in total. The molecule has 0 bridgehead atoms. The number of fused-ring (bicyclic) bond motifs is 1. The number of hydrogen-bond acceptors (Lipinski definition) is 10. The third-order valence-electron chi connectivity index (χ3n) is 6.97. The highest BCUT2D eigenvalue weighted by molar-refractivity contribution is 7.72. The van der Waals surface area contributed by atoms with Crippen LogP contribution in [0.3, 0.4) is 0 Å². The molecule has 0 aliphatic rings. The van der Waals surface area contributed by atoms with Gasteiger partial charge in [-0.3, -0.25) is 10.3 Å². The minimum absolute atomic E-state index is 0.128. The van der Waals surface area contributed by atoms with E-state index in [9.17, 15) is 12.8 Å². The molecular weight excluding hydrogens is 663 g/mol. The largest absolute Gasteiger partial charge is 0.496 e. The monoisotopic (exact) mass is 688 g/mol. The molecule has 0 radical (unpaired) electrons. The summed E-state index contributed by atoms with van der Waals surface area (Å²) in [6.07, 6.45) is 3.22. The Bertz CT molecular complexity index is 2190. The highest BCUT2D eigenvalue weighted by Crippen LogP contribution is 2.37. The molecule has 0 atom stereocenters. The van der Waals surface area contributed by atoms with E-state index in [1.165, 1.54) is 29.8 Å². The zero-order valence-electron chi connectivity index (χ0n) is 24.8. The van der Waals surface area contributed by atoms with Crippen LogP contribution >= 0.6 is 22.9 Å². The standard InChI is InChI=1S/C33H26ClFN6O4S2/c1-44-30-15-27-25(14-24(30)28-18-46-31(41-28)16-37-32(47(42)43)13-22-7-2-3-10-36-22)33(39-19-38-27)40-23-8-9-29(26(34)12-23)45-17-20-5-4-6-21(35)11-20/h2-12,14-15,18-19,37H,13,16-17H2,1H3,(H,38,39,40). The molecule has 47 heavy (non-hydrogen) atoms.